The van der Waals surface area contributed by atoms with E-state index in [0.717, 1.165) is 15.9 Å². The molecule has 3 aromatic rings. The fraction of sp³-hybridized carbons (Fsp3) is 0.300. The number of ketones is 1. The lowest BCUT2D eigenvalue weighted by Crippen LogP contribution is -2.43. The van der Waals surface area contributed by atoms with Crippen molar-refractivity contribution in [1.82, 2.24) is 4.90 Å². The van der Waals surface area contributed by atoms with Gasteiger partial charge in [-0.2, -0.15) is 0 Å². The molecule has 4 rings (SSSR count). The first-order chi connectivity index (χ1) is 16.8. The number of piperidine rings is 1. The van der Waals surface area contributed by atoms with E-state index in [0.29, 0.717) is 25.9 Å². The summed E-state index contributed by atoms with van der Waals surface area (Å²) in [4.78, 5) is 28.1. The molecule has 0 aliphatic carbocycles. The van der Waals surface area contributed by atoms with E-state index in [1.54, 1.807) is 4.90 Å². The van der Waals surface area contributed by atoms with Crippen molar-refractivity contribution in [3.05, 3.63) is 91.0 Å². The first kappa shape index (κ1) is 25.0. The fourth-order valence-corrected chi connectivity index (χ4v) is 8.49. The standard InChI is InChI=1S/C30H34NO3P/c1-30(2,3)34-29(33)31-21-19-24(20-22-31)28(32)23-35(25-13-7-4-8-14-25,26-15-9-5-10-16-26)27-17-11-6-12-18-27/h4-18,23-24H,19-22H2,1-3H3. The average Bonchev–Trinajstić information content (AvgIpc) is 2.88. The van der Waals surface area contributed by atoms with Crippen molar-refractivity contribution >= 4 is 40.5 Å². The maximum Gasteiger partial charge on any atom is 0.410 e. The molecule has 5 heteroatoms. The summed E-state index contributed by atoms with van der Waals surface area (Å²) in [5.74, 6) is 2.09. The Balaban J connectivity index is 1.71. The molecule has 0 saturated carbocycles. The highest BCUT2D eigenvalue weighted by atomic mass is 31.2. The number of nitrogens with zero attached hydrogens (tertiary/aromatic N) is 1. The molecule has 0 bridgehead atoms. The summed E-state index contributed by atoms with van der Waals surface area (Å²) in [5, 5.41) is 3.49. The number of carbonyl (C=O) groups excluding carboxylic acids is 2. The smallest absolute Gasteiger partial charge is 0.410 e. The normalized spacial score (nSPS) is 14.9. The van der Waals surface area contributed by atoms with Crippen molar-refractivity contribution in [3.8, 4) is 0 Å². The third kappa shape index (κ3) is 5.77. The molecule has 0 atom stereocenters. The Morgan fingerprint density at radius 2 is 1.17 bits per heavy atom. The zero-order valence-electron chi connectivity index (χ0n) is 20.8. The third-order valence-electron chi connectivity index (χ3n) is 6.36. The average molecular weight is 488 g/mol. The van der Waals surface area contributed by atoms with Gasteiger partial charge in [0.05, 0.1) is 0 Å². The van der Waals surface area contributed by atoms with Gasteiger partial charge in [0.25, 0.3) is 0 Å². The molecule has 1 amide bonds. The van der Waals surface area contributed by atoms with Gasteiger partial charge >= 0.3 is 6.09 Å². The van der Waals surface area contributed by atoms with Gasteiger partial charge in [-0.25, -0.2) is 4.79 Å². The van der Waals surface area contributed by atoms with Gasteiger partial charge in [0.15, 0.2) is 5.78 Å². The first-order valence-corrected chi connectivity index (χ1v) is 14.1. The van der Waals surface area contributed by atoms with Gasteiger partial charge in [-0.05, 0) is 62.2 Å². The topological polar surface area (TPSA) is 46.6 Å². The molecule has 35 heavy (non-hydrogen) atoms. The second kappa shape index (κ2) is 10.7. The minimum absolute atomic E-state index is 0.107. The summed E-state index contributed by atoms with van der Waals surface area (Å²) >= 11 is 0. The maximum absolute atomic E-state index is 13.9. The van der Waals surface area contributed by atoms with Crippen LogP contribution in [-0.2, 0) is 9.53 Å². The van der Waals surface area contributed by atoms with Gasteiger partial charge in [-0.15, -0.1) is 0 Å². The molecule has 3 aromatic carbocycles. The van der Waals surface area contributed by atoms with E-state index in [-0.39, 0.29) is 17.8 Å². The predicted octanol–water partition coefficient (Wildman–Crippen LogP) is 5.00. The molecule has 0 spiro atoms. The zero-order valence-corrected chi connectivity index (χ0v) is 21.7. The zero-order chi connectivity index (χ0) is 24.9. The number of hydrogen-bond donors (Lipinski definition) is 0. The van der Waals surface area contributed by atoms with E-state index in [9.17, 15) is 9.59 Å². The number of benzene rings is 3. The van der Waals surface area contributed by atoms with Gasteiger partial charge in [0.1, 0.15) is 5.60 Å². The summed E-state index contributed by atoms with van der Waals surface area (Å²) in [7, 11) is 0. The number of amides is 1. The molecule has 182 valence electrons. The van der Waals surface area contributed by atoms with Crippen LogP contribution in [0.25, 0.3) is 0 Å². The van der Waals surface area contributed by atoms with Gasteiger partial charge in [-0.3, -0.25) is 4.79 Å². The van der Waals surface area contributed by atoms with Crippen LogP contribution >= 0.6 is 6.89 Å². The lowest BCUT2D eigenvalue weighted by Gasteiger charge is -2.33. The van der Waals surface area contributed by atoms with Crippen molar-refractivity contribution in [2.75, 3.05) is 13.1 Å². The van der Waals surface area contributed by atoms with E-state index in [2.05, 4.69) is 36.4 Å². The molecule has 1 aliphatic heterocycles. The minimum atomic E-state index is -2.32. The Hall–Kier alpha value is -3.10. The number of rotatable bonds is 5. The second-order valence-corrected chi connectivity index (χ2v) is 13.3. The van der Waals surface area contributed by atoms with Gasteiger partial charge in [0, 0.05) is 19.0 Å². The highest BCUT2D eigenvalue weighted by Gasteiger charge is 2.32. The molecule has 1 aliphatic rings. The second-order valence-electron chi connectivity index (χ2n) is 10.0. The summed E-state index contributed by atoms with van der Waals surface area (Å²) < 4.78 is 5.53. The van der Waals surface area contributed by atoms with Crippen molar-refractivity contribution in [3.63, 3.8) is 0 Å². The minimum Gasteiger partial charge on any atom is -0.444 e. The Kier molecular flexibility index (Phi) is 7.62. The van der Waals surface area contributed by atoms with Gasteiger partial charge < -0.3 is 9.64 Å². The van der Waals surface area contributed by atoms with Gasteiger partial charge in [0.2, 0.25) is 0 Å². The van der Waals surface area contributed by atoms with Crippen LogP contribution in [0.4, 0.5) is 4.79 Å². The SMILES string of the molecule is CC(C)(C)OC(=O)N1CCC(C(=O)C=P(c2ccccc2)(c2ccccc2)c2ccccc2)CC1. The summed E-state index contributed by atoms with van der Waals surface area (Å²) in [5.41, 5.74) is -0.525. The van der Waals surface area contributed by atoms with Gasteiger partial charge in [-0.1, -0.05) is 91.0 Å². The maximum atomic E-state index is 13.9. The molecule has 1 heterocycles. The largest absolute Gasteiger partial charge is 0.444 e. The quantitative estimate of drug-likeness (QED) is 0.476. The van der Waals surface area contributed by atoms with Crippen LogP contribution in [0, 0.1) is 5.92 Å². The van der Waals surface area contributed by atoms with Crippen molar-refractivity contribution in [1.29, 1.82) is 0 Å². The van der Waals surface area contributed by atoms with Crippen molar-refractivity contribution in [2.24, 2.45) is 5.92 Å². The van der Waals surface area contributed by atoms with Crippen LogP contribution in [0.3, 0.4) is 0 Å². The number of Topliss-reactive ketones (excluding diaryl/α,β-unsaturated/α-hetero) is 1. The van der Waals surface area contributed by atoms with Crippen molar-refractivity contribution in [2.45, 2.75) is 39.2 Å². The molecule has 0 radical (unpaired) electrons. The summed E-state index contributed by atoms with van der Waals surface area (Å²) in [6, 6.07) is 31.2. The first-order valence-electron chi connectivity index (χ1n) is 12.2. The van der Waals surface area contributed by atoms with E-state index in [4.69, 9.17) is 4.74 Å². The Morgan fingerprint density at radius 3 is 1.54 bits per heavy atom. The number of ether oxygens (including phenoxy) is 1. The summed E-state index contributed by atoms with van der Waals surface area (Å²) in [6.45, 7) is 4.36. The Labute approximate surface area is 208 Å². The summed E-state index contributed by atoms with van der Waals surface area (Å²) in [6.07, 6.45) is 0.993. The lowest BCUT2D eigenvalue weighted by atomic mass is 9.93. The van der Waals surface area contributed by atoms with Crippen LogP contribution in [0.1, 0.15) is 33.6 Å². The third-order valence-corrected chi connectivity index (χ3v) is 10.3. The predicted molar refractivity (Wildman–Crippen MR) is 147 cm³/mol. The lowest BCUT2D eigenvalue weighted by molar-refractivity contribution is -0.117. The molecular weight excluding hydrogens is 453 g/mol. The molecule has 0 N–H and O–H groups in total. The molecule has 1 fully saturated rings. The highest BCUT2D eigenvalue weighted by molar-refractivity contribution is 7.95. The Bertz CT molecular complexity index is 1090. The van der Waals surface area contributed by atoms with Crippen molar-refractivity contribution < 1.29 is 14.3 Å². The van der Waals surface area contributed by atoms with E-state index in [1.165, 1.54) is 0 Å². The van der Waals surface area contributed by atoms with Crippen LogP contribution in [0.15, 0.2) is 91.0 Å². The van der Waals surface area contributed by atoms with E-state index < -0.39 is 12.5 Å². The van der Waals surface area contributed by atoms with Crippen LogP contribution in [-0.4, -0.2) is 41.3 Å². The van der Waals surface area contributed by atoms with E-state index in [1.807, 2.05) is 81.2 Å². The Morgan fingerprint density at radius 1 is 0.771 bits per heavy atom. The fourth-order valence-electron chi connectivity index (χ4n) is 4.63. The van der Waals surface area contributed by atoms with Crippen LogP contribution < -0.4 is 15.9 Å². The molecule has 4 nitrogen and oxygen atoms in total. The van der Waals surface area contributed by atoms with Crippen LogP contribution in [0.5, 0.6) is 0 Å². The van der Waals surface area contributed by atoms with E-state index >= 15 is 0 Å². The molecule has 1 saturated heterocycles. The number of likely N-dealkylation sites (tertiary alicyclic amines) is 1. The monoisotopic (exact) mass is 487 g/mol. The molecule has 0 unspecified atom stereocenters. The highest BCUT2D eigenvalue weighted by Crippen LogP contribution is 2.44. The van der Waals surface area contributed by atoms with Crippen LogP contribution in [0.2, 0.25) is 0 Å². The molecular formula is C30H34NO3P. The number of carbonyl (C=O) groups is 2. The molecule has 0 aromatic heterocycles. The number of hydrogen-bond acceptors (Lipinski definition) is 3.